The summed E-state index contributed by atoms with van der Waals surface area (Å²) in [4.78, 5) is 24.1. The van der Waals surface area contributed by atoms with E-state index in [1.807, 2.05) is 30.3 Å². The number of aliphatic hydroxyl groups excluding tert-OH is 1. The largest absolute Gasteiger partial charge is 0.457 e. The second kappa shape index (κ2) is 9.73. The van der Waals surface area contributed by atoms with Crippen LogP contribution in [0.4, 0.5) is 0 Å². The van der Waals surface area contributed by atoms with Crippen LogP contribution in [0.15, 0.2) is 54.6 Å². The molecule has 0 spiro atoms. The van der Waals surface area contributed by atoms with Crippen LogP contribution in [-0.2, 0) is 4.79 Å². The molecule has 0 aromatic heterocycles. The third-order valence-corrected chi connectivity index (χ3v) is 4.27. The predicted molar refractivity (Wildman–Crippen MR) is 100 cm³/mol. The van der Waals surface area contributed by atoms with E-state index in [0.29, 0.717) is 17.7 Å². The minimum Gasteiger partial charge on any atom is -0.457 e. The predicted octanol–water partition coefficient (Wildman–Crippen LogP) is 3.43. The maximum Gasteiger partial charge on any atom is 0.222 e. The first kappa shape index (κ1) is 19.7. The fourth-order valence-electron chi connectivity index (χ4n) is 2.79. The van der Waals surface area contributed by atoms with Crippen molar-refractivity contribution in [2.24, 2.45) is 11.8 Å². The van der Waals surface area contributed by atoms with Crippen molar-refractivity contribution >= 4 is 11.7 Å². The molecular formula is C21H25NO4. The van der Waals surface area contributed by atoms with Crippen molar-refractivity contribution in [3.63, 3.8) is 0 Å². The maximum atomic E-state index is 12.5. The highest BCUT2D eigenvalue weighted by Crippen LogP contribution is 2.23. The molecule has 0 aliphatic heterocycles. The van der Waals surface area contributed by atoms with Crippen LogP contribution in [0.1, 0.15) is 30.1 Å². The Kier molecular flexibility index (Phi) is 7.36. The first-order chi connectivity index (χ1) is 12.5. The molecule has 0 bridgehead atoms. The van der Waals surface area contributed by atoms with Gasteiger partial charge in [-0.05, 0) is 48.7 Å². The van der Waals surface area contributed by atoms with Crippen molar-refractivity contribution in [3.8, 4) is 11.5 Å². The number of carbonyl (C=O) groups is 2. The van der Waals surface area contributed by atoms with Gasteiger partial charge >= 0.3 is 0 Å². The lowest BCUT2D eigenvalue weighted by Crippen LogP contribution is -2.28. The summed E-state index contributed by atoms with van der Waals surface area (Å²) in [6.07, 6.45) is 0.674. The van der Waals surface area contributed by atoms with Crippen LogP contribution in [0, 0.1) is 11.8 Å². The number of ketones is 1. The van der Waals surface area contributed by atoms with Gasteiger partial charge < -0.3 is 15.2 Å². The van der Waals surface area contributed by atoms with Crippen molar-refractivity contribution < 1.29 is 19.4 Å². The first-order valence-corrected chi connectivity index (χ1v) is 8.72. The Morgan fingerprint density at radius 3 is 2.23 bits per heavy atom. The molecule has 2 N–H and O–H groups in total. The minimum absolute atomic E-state index is 0.0561. The van der Waals surface area contributed by atoms with Gasteiger partial charge in [-0.15, -0.1) is 0 Å². The fourth-order valence-corrected chi connectivity index (χ4v) is 2.79. The quantitative estimate of drug-likeness (QED) is 0.676. The minimum atomic E-state index is -0.244. The Hall–Kier alpha value is -2.66. The lowest BCUT2D eigenvalue weighted by molar-refractivity contribution is -0.124. The average molecular weight is 355 g/mol. The van der Waals surface area contributed by atoms with E-state index in [4.69, 9.17) is 4.74 Å². The molecule has 0 fully saturated rings. The molecule has 2 aromatic rings. The second-order valence-electron chi connectivity index (χ2n) is 6.37. The average Bonchev–Trinajstić information content (AvgIpc) is 2.67. The summed E-state index contributed by atoms with van der Waals surface area (Å²) in [6, 6.07) is 16.4. The van der Waals surface area contributed by atoms with E-state index in [2.05, 4.69) is 5.32 Å². The van der Waals surface area contributed by atoms with E-state index in [-0.39, 0.29) is 36.6 Å². The zero-order chi connectivity index (χ0) is 18.9. The van der Waals surface area contributed by atoms with Gasteiger partial charge in [0.05, 0.1) is 0 Å². The van der Waals surface area contributed by atoms with E-state index >= 15 is 0 Å². The van der Waals surface area contributed by atoms with Crippen LogP contribution in [0.25, 0.3) is 0 Å². The second-order valence-corrected chi connectivity index (χ2v) is 6.37. The Bertz CT molecular complexity index is 713. The third kappa shape index (κ3) is 5.70. The molecule has 2 rings (SSSR count). The standard InChI is InChI=1S/C21H25NO4/c1-15(21(25)22-2)12-16(14-23)13-20(24)17-8-10-19(11-9-17)26-18-6-4-3-5-7-18/h3-11,15-16,23H,12-14H2,1-2H3,(H,22,25)/t15-,16+/m0/s1. The molecule has 0 saturated carbocycles. The lowest BCUT2D eigenvalue weighted by atomic mass is 9.90. The number of carbonyl (C=O) groups excluding carboxylic acids is 2. The van der Waals surface area contributed by atoms with Gasteiger partial charge in [0.25, 0.3) is 0 Å². The molecule has 0 unspecified atom stereocenters. The van der Waals surface area contributed by atoms with Gasteiger partial charge in [-0.3, -0.25) is 9.59 Å². The molecule has 5 nitrogen and oxygen atoms in total. The number of amides is 1. The Morgan fingerprint density at radius 2 is 1.65 bits per heavy atom. The molecule has 0 radical (unpaired) electrons. The number of nitrogens with one attached hydrogen (secondary N) is 1. The zero-order valence-corrected chi connectivity index (χ0v) is 15.1. The monoisotopic (exact) mass is 355 g/mol. The van der Waals surface area contributed by atoms with Crippen molar-refractivity contribution in [2.75, 3.05) is 13.7 Å². The van der Waals surface area contributed by atoms with Gasteiger partial charge in [-0.1, -0.05) is 25.1 Å². The SMILES string of the molecule is CNC(=O)[C@@H](C)C[C@@H](CO)CC(=O)c1ccc(Oc2ccccc2)cc1. The van der Waals surface area contributed by atoms with Crippen molar-refractivity contribution in [2.45, 2.75) is 19.8 Å². The van der Waals surface area contributed by atoms with E-state index in [9.17, 15) is 14.7 Å². The molecule has 0 aliphatic carbocycles. The normalized spacial score (nSPS) is 12.9. The smallest absolute Gasteiger partial charge is 0.222 e. The van der Waals surface area contributed by atoms with Crippen LogP contribution >= 0.6 is 0 Å². The van der Waals surface area contributed by atoms with E-state index in [0.717, 1.165) is 5.75 Å². The molecule has 138 valence electrons. The molecular weight excluding hydrogens is 330 g/mol. The summed E-state index contributed by atoms with van der Waals surface area (Å²) in [6.45, 7) is 1.67. The summed E-state index contributed by atoms with van der Waals surface area (Å²) < 4.78 is 5.71. The highest BCUT2D eigenvalue weighted by atomic mass is 16.5. The number of Topliss-reactive ketones (excluding diaryl/α,β-unsaturated/α-hetero) is 1. The molecule has 1 amide bonds. The molecule has 0 saturated heterocycles. The number of hydrogen-bond acceptors (Lipinski definition) is 4. The van der Waals surface area contributed by atoms with Gasteiger partial charge in [0.1, 0.15) is 11.5 Å². The highest BCUT2D eigenvalue weighted by Gasteiger charge is 2.20. The number of ether oxygens (including phenoxy) is 1. The van der Waals surface area contributed by atoms with Gasteiger partial charge in [0.15, 0.2) is 5.78 Å². The van der Waals surface area contributed by atoms with Crippen molar-refractivity contribution in [1.29, 1.82) is 0 Å². The van der Waals surface area contributed by atoms with E-state index in [1.54, 1.807) is 38.2 Å². The zero-order valence-electron chi connectivity index (χ0n) is 15.1. The van der Waals surface area contributed by atoms with E-state index in [1.165, 1.54) is 0 Å². The topological polar surface area (TPSA) is 75.6 Å². The molecule has 5 heteroatoms. The third-order valence-electron chi connectivity index (χ3n) is 4.27. The first-order valence-electron chi connectivity index (χ1n) is 8.72. The lowest BCUT2D eigenvalue weighted by Gasteiger charge is -2.17. The van der Waals surface area contributed by atoms with Crippen LogP contribution in [-0.4, -0.2) is 30.5 Å². The number of benzene rings is 2. The molecule has 26 heavy (non-hydrogen) atoms. The Labute approximate surface area is 154 Å². The summed E-state index contributed by atoms with van der Waals surface area (Å²) in [5.41, 5.74) is 0.566. The van der Waals surface area contributed by atoms with Gasteiger partial charge in [-0.2, -0.15) is 0 Å². The van der Waals surface area contributed by atoms with Crippen LogP contribution < -0.4 is 10.1 Å². The maximum absolute atomic E-state index is 12.5. The summed E-state index contributed by atoms with van der Waals surface area (Å²) in [5.74, 6) is 0.759. The highest BCUT2D eigenvalue weighted by molar-refractivity contribution is 5.96. The van der Waals surface area contributed by atoms with Crippen LogP contribution in [0.2, 0.25) is 0 Å². The van der Waals surface area contributed by atoms with Gasteiger partial charge in [-0.25, -0.2) is 0 Å². The molecule has 2 atom stereocenters. The summed E-state index contributed by atoms with van der Waals surface area (Å²) >= 11 is 0. The number of rotatable bonds is 9. The number of hydrogen-bond donors (Lipinski definition) is 2. The van der Waals surface area contributed by atoms with E-state index < -0.39 is 0 Å². The molecule has 0 heterocycles. The molecule has 2 aromatic carbocycles. The van der Waals surface area contributed by atoms with Crippen LogP contribution in [0.5, 0.6) is 11.5 Å². The van der Waals surface area contributed by atoms with Crippen LogP contribution in [0.3, 0.4) is 0 Å². The van der Waals surface area contributed by atoms with Gasteiger partial charge in [0, 0.05) is 31.6 Å². The summed E-state index contributed by atoms with van der Waals surface area (Å²) in [5, 5.41) is 12.1. The van der Waals surface area contributed by atoms with Crippen molar-refractivity contribution in [1.82, 2.24) is 5.32 Å². The van der Waals surface area contributed by atoms with Crippen molar-refractivity contribution in [3.05, 3.63) is 60.2 Å². The Morgan fingerprint density at radius 1 is 1.04 bits per heavy atom. The number of para-hydroxylation sites is 1. The van der Waals surface area contributed by atoms with Gasteiger partial charge in [0.2, 0.25) is 5.91 Å². The fraction of sp³-hybridized carbons (Fsp3) is 0.333. The molecule has 0 aliphatic rings. The summed E-state index contributed by atoms with van der Waals surface area (Å²) in [7, 11) is 1.58. The Balaban J connectivity index is 1.95. The number of aliphatic hydroxyl groups is 1.